The van der Waals surface area contributed by atoms with Gasteiger partial charge in [-0.2, -0.15) is 0 Å². The van der Waals surface area contributed by atoms with Gasteiger partial charge in [-0.1, -0.05) is 25.8 Å². The van der Waals surface area contributed by atoms with Crippen LogP contribution in [0.3, 0.4) is 0 Å². The van der Waals surface area contributed by atoms with Crippen LogP contribution in [0.2, 0.25) is 0 Å². The summed E-state index contributed by atoms with van der Waals surface area (Å²) in [6.07, 6.45) is 6.61. The maximum atomic E-state index is 11.9. The van der Waals surface area contributed by atoms with Crippen LogP contribution < -0.4 is 5.32 Å². The van der Waals surface area contributed by atoms with Gasteiger partial charge in [0.2, 0.25) is 5.91 Å². The zero-order chi connectivity index (χ0) is 11.4. The lowest BCUT2D eigenvalue weighted by atomic mass is 9.92. The fraction of sp³-hybridized carbons (Fsp3) is 0.538. The van der Waals surface area contributed by atoms with E-state index in [1.54, 1.807) is 6.20 Å². The molecule has 1 aromatic rings. The van der Waals surface area contributed by atoms with E-state index < -0.39 is 0 Å². The Bertz CT molecular complexity index is 344. The summed E-state index contributed by atoms with van der Waals surface area (Å²) in [7, 11) is 0. The summed E-state index contributed by atoms with van der Waals surface area (Å²) < 4.78 is 0. The van der Waals surface area contributed by atoms with Crippen molar-refractivity contribution in [1.82, 2.24) is 4.98 Å². The first-order chi connectivity index (χ1) is 7.77. The van der Waals surface area contributed by atoms with E-state index in [1.807, 2.05) is 25.1 Å². The predicted molar refractivity (Wildman–Crippen MR) is 64.0 cm³/mol. The first-order valence-electron chi connectivity index (χ1n) is 5.99. The largest absolute Gasteiger partial charge is 0.310 e. The third-order valence-corrected chi connectivity index (χ3v) is 3.44. The molecular formula is C13H18N2O. The molecule has 0 bridgehead atoms. The predicted octanol–water partition coefficient (Wildman–Crippen LogP) is 2.85. The molecule has 0 spiro atoms. The maximum absolute atomic E-state index is 11.9. The number of anilines is 1. The second-order valence-corrected chi connectivity index (χ2v) is 4.54. The molecule has 1 amide bonds. The number of aromatic nitrogens is 1. The van der Waals surface area contributed by atoms with E-state index in [-0.39, 0.29) is 11.8 Å². The Morgan fingerprint density at radius 2 is 2.19 bits per heavy atom. The number of hydrogen-bond donors (Lipinski definition) is 1. The molecule has 1 saturated carbocycles. The third kappa shape index (κ3) is 2.60. The Hall–Kier alpha value is -1.38. The molecule has 16 heavy (non-hydrogen) atoms. The Morgan fingerprint density at radius 3 is 2.81 bits per heavy atom. The van der Waals surface area contributed by atoms with Gasteiger partial charge in [-0.15, -0.1) is 0 Å². The van der Waals surface area contributed by atoms with Crippen molar-refractivity contribution in [2.75, 3.05) is 5.32 Å². The Kier molecular flexibility index (Phi) is 3.54. The van der Waals surface area contributed by atoms with E-state index in [0.717, 1.165) is 0 Å². The van der Waals surface area contributed by atoms with Crippen LogP contribution in [0.25, 0.3) is 0 Å². The normalized spacial score (nSPS) is 18.3. The van der Waals surface area contributed by atoms with Gasteiger partial charge in [-0.05, 0) is 30.9 Å². The van der Waals surface area contributed by atoms with Crippen molar-refractivity contribution in [1.29, 1.82) is 0 Å². The fourth-order valence-electron chi connectivity index (χ4n) is 2.35. The Balaban J connectivity index is 1.92. The zero-order valence-corrected chi connectivity index (χ0v) is 9.65. The van der Waals surface area contributed by atoms with Crippen molar-refractivity contribution in [2.45, 2.75) is 32.6 Å². The number of carbonyl (C=O) groups is 1. The number of carbonyl (C=O) groups excluding carboxylic acids is 1. The molecule has 0 aliphatic heterocycles. The van der Waals surface area contributed by atoms with E-state index in [9.17, 15) is 4.79 Å². The highest BCUT2D eigenvalue weighted by atomic mass is 16.1. The van der Waals surface area contributed by atoms with Gasteiger partial charge in [0.1, 0.15) is 5.82 Å². The van der Waals surface area contributed by atoms with E-state index in [2.05, 4.69) is 10.3 Å². The summed E-state index contributed by atoms with van der Waals surface area (Å²) in [4.78, 5) is 16.0. The van der Waals surface area contributed by atoms with Gasteiger partial charge in [0, 0.05) is 12.1 Å². The molecule has 0 aromatic carbocycles. The van der Waals surface area contributed by atoms with Gasteiger partial charge in [0.05, 0.1) is 0 Å². The molecular weight excluding hydrogens is 200 g/mol. The smallest absolute Gasteiger partial charge is 0.228 e. The van der Waals surface area contributed by atoms with Gasteiger partial charge < -0.3 is 5.32 Å². The van der Waals surface area contributed by atoms with E-state index in [1.165, 1.54) is 25.7 Å². The number of amides is 1. The molecule has 1 aromatic heterocycles. The summed E-state index contributed by atoms with van der Waals surface area (Å²) in [5.41, 5.74) is 0. The molecule has 1 aliphatic carbocycles. The van der Waals surface area contributed by atoms with Gasteiger partial charge in [0.25, 0.3) is 0 Å². The van der Waals surface area contributed by atoms with Gasteiger partial charge in [-0.3, -0.25) is 4.79 Å². The molecule has 1 aliphatic rings. The quantitative estimate of drug-likeness (QED) is 0.847. The molecule has 1 N–H and O–H groups in total. The van der Waals surface area contributed by atoms with E-state index >= 15 is 0 Å². The van der Waals surface area contributed by atoms with Gasteiger partial charge in [0.15, 0.2) is 0 Å². The van der Waals surface area contributed by atoms with Crippen molar-refractivity contribution in [3.05, 3.63) is 24.4 Å². The molecule has 1 atom stereocenters. The van der Waals surface area contributed by atoms with Crippen LogP contribution in [0.5, 0.6) is 0 Å². The minimum absolute atomic E-state index is 0.101. The fourth-order valence-corrected chi connectivity index (χ4v) is 2.35. The van der Waals surface area contributed by atoms with Crippen molar-refractivity contribution < 1.29 is 4.79 Å². The highest BCUT2D eigenvalue weighted by Gasteiger charge is 2.26. The lowest BCUT2D eigenvalue weighted by Gasteiger charge is -2.17. The van der Waals surface area contributed by atoms with Gasteiger partial charge >= 0.3 is 0 Å². The van der Waals surface area contributed by atoms with Crippen LogP contribution >= 0.6 is 0 Å². The van der Waals surface area contributed by atoms with Crippen LogP contribution in [-0.4, -0.2) is 10.9 Å². The van der Waals surface area contributed by atoms with Crippen LogP contribution in [0.1, 0.15) is 32.6 Å². The van der Waals surface area contributed by atoms with Crippen molar-refractivity contribution in [2.24, 2.45) is 11.8 Å². The number of rotatable bonds is 3. The van der Waals surface area contributed by atoms with Gasteiger partial charge in [-0.25, -0.2) is 4.98 Å². The summed E-state index contributed by atoms with van der Waals surface area (Å²) in [6.45, 7) is 2.02. The highest BCUT2D eigenvalue weighted by molar-refractivity contribution is 5.91. The lowest BCUT2D eigenvalue weighted by molar-refractivity contribution is -0.120. The third-order valence-electron chi connectivity index (χ3n) is 3.44. The second-order valence-electron chi connectivity index (χ2n) is 4.54. The molecule has 0 radical (unpaired) electrons. The number of nitrogens with one attached hydrogen (secondary N) is 1. The monoisotopic (exact) mass is 218 g/mol. The summed E-state index contributed by atoms with van der Waals surface area (Å²) in [5.74, 6) is 1.41. The minimum Gasteiger partial charge on any atom is -0.310 e. The average Bonchev–Trinajstić information content (AvgIpc) is 2.83. The van der Waals surface area contributed by atoms with Crippen molar-refractivity contribution in [3.63, 3.8) is 0 Å². The van der Waals surface area contributed by atoms with Crippen LogP contribution in [0, 0.1) is 11.8 Å². The number of nitrogens with zero attached hydrogens (tertiary/aromatic N) is 1. The highest BCUT2D eigenvalue weighted by Crippen LogP contribution is 2.31. The maximum Gasteiger partial charge on any atom is 0.228 e. The van der Waals surface area contributed by atoms with Crippen LogP contribution in [-0.2, 0) is 4.79 Å². The SMILES string of the molecule is CC(C(=O)Nc1ccccn1)C1CCCC1. The molecule has 1 heterocycles. The van der Waals surface area contributed by atoms with E-state index in [0.29, 0.717) is 11.7 Å². The first-order valence-corrected chi connectivity index (χ1v) is 5.99. The molecule has 3 nitrogen and oxygen atoms in total. The number of hydrogen-bond acceptors (Lipinski definition) is 2. The molecule has 1 unspecified atom stereocenters. The molecule has 0 saturated heterocycles. The minimum atomic E-state index is 0.101. The summed E-state index contributed by atoms with van der Waals surface area (Å²) in [6, 6.07) is 5.54. The summed E-state index contributed by atoms with van der Waals surface area (Å²) in [5, 5.41) is 2.87. The topological polar surface area (TPSA) is 42.0 Å². The number of pyridine rings is 1. The standard InChI is InChI=1S/C13H18N2O/c1-10(11-6-2-3-7-11)13(16)15-12-8-4-5-9-14-12/h4-5,8-11H,2-3,6-7H2,1H3,(H,14,15,16). The van der Waals surface area contributed by atoms with Crippen molar-refractivity contribution in [3.8, 4) is 0 Å². The lowest BCUT2D eigenvalue weighted by Crippen LogP contribution is -2.26. The Labute approximate surface area is 96.3 Å². The van der Waals surface area contributed by atoms with Crippen LogP contribution in [0.15, 0.2) is 24.4 Å². The second kappa shape index (κ2) is 5.10. The summed E-state index contributed by atoms with van der Waals surface area (Å²) >= 11 is 0. The van der Waals surface area contributed by atoms with E-state index in [4.69, 9.17) is 0 Å². The van der Waals surface area contributed by atoms with Crippen molar-refractivity contribution >= 4 is 11.7 Å². The molecule has 3 heteroatoms. The molecule has 2 rings (SSSR count). The average molecular weight is 218 g/mol. The molecule has 86 valence electrons. The Morgan fingerprint density at radius 1 is 1.44 bits per heavy atom. The van der Waals surface area contributed by atoms with Crippen LogP contribution in [0.4, 0.5) is 5.82 Å². The zero-order valence-electron chi connectivity index (χ0n) is 9.65. The molecule has 1 fully saturated rings. The first kappa shape index (κ1) is 11.1.